The third-order valence-corrected chi connectivity index (χ3v) is 5.68. The molecule has 1 amide bonds. The average molecular weight is 518 g/mol. The van der Waals surface area contributed by atoms with Crippen LogP contribution in [0.15, 0.2) is 35.4 Å². The van der Waals surface area contributed by atoms with Gasteiger partial charge in [0.2, 0.25) is 11.0 Å². The molecule has 0 spiro atoms. The van der Waals surface area contributed by atoms with E-state index in [9.17, 15) is 4.79 Å². The van der Waals surface area contributed by atoms with E-state index in [0.29, 0.717) is 45.4 Å². The molecule has 0 aliphatic carbocycles. The van der Waals surface area contributed by atoms with Crippen LogP contribution in [0.4, 0.5) is 5.13 Å². The monoisotopic (exact) mass is 517 g/mol. The molecule has 11 heteroatoms. The molecular formula is C24H28ClN5O4S. The summed E-state index contributed by atoms with van der Waals surface area (Å²) in [5.74, 6) is 1.37. The van der Waals surface area contributed by atoms with E-state index in [2.05, 4.69) is 33.7 Å². The Morgan fingerprint density at radius 3 is 2.66 bits per heavy atom. The fraction of sp³-hybridized carbons (Fsp3) is 0.333. The number of ether oxygens (including phenoxy) is 3. The zero-order chi connectivity index (χ0) is 25.2. The summed E-state index contributed by atoms with van der Waals surface area (Å²) < 4.78 is 17.4. The molecule has 0 fully saturated rings. The molecule has 3 rings (SSSR count). The van der Waals surface area contributed by atoms with Crippen molar-refractivity contribution in [2.75, 3.05) is 25.6 Å². The van der Waals surface area contributed by atoms with Gasteiger partial charge in [-0.25, -0.2) is 5.43 Å². The molecule has 0 aliphatic rings. The number of nitrogens with two attached hydrogens (primary N) is 1. The molecule has 0 saturated heterocycles. The van der Waals surface area contributed by atoms with Crippen LogP contribution in [0.1, 0.15) is 35.5 Å². The summed E-state index contributed by atoms with van der Waals surface area (Å²) in [6.07, 6.45) is 2.45. The first-order valence-corrected chi connectivity index (χ1v) is 12.3. The van der Waals surface area contributed by atoms with E-state index in [4.69, 9.17) is 31.5 Å². The number of benzene rings is 2. The number of carbonyl (C=O) groups is 1. The predicted molar refractivity (Wildman–Crippen MR) is 138 cm³/mol. The second-order valence-electron chi connectivity index (χ2n) is 7.47. The number of carbonyl (C=O) groups excluding carboxylic acids is 1. The predicted octanol–water partition coefficient (Wildman–Crippen LogP) is 4.19. The minimum Gasteiger partial charge on any atom is -0.490 e. The smallest absolute Gasteiger partial charge is 0.247 e. The van der Waals surface area contributed by atoms with Crippen LogP contribution in [0.5, 0.6) is 17.2 Å². The van der Waals surface area contributed by atoms with Crippen molar-refractivity contribution >= 4 is 40.2 Å². The number of hydrogen-bond donors (Lipinski definition) is 2. The van der Waals surface area contributed by atoms with Gasteiger partial charge in [0.1, 0.15) is 24.0 Å². The zero-order valence-corrected chi connectivity index (χ0v) is 21.4. The number of hydrazone groups is 1. The average Bonchev–Trinajstić information content (AvgIpc) is 3.22. The number of hydrogen-bond acceptors (Lipinski definition) is 9. The van der Waals surface area contributed by atoms with E-state index in [0.717, 1.165) is 29.1 Å². The van der Waals surface area contributed by atoms with Gasteiger partial charge < -0.3 is 19.9 Å². The van der Waals surface area contributed by atoms with Gasteiger partial charge in [-0.1, -0.05) is 35.9 Å². The third-order valence-electron chi connectivity index (χ3n) is 4.65. The van der Waals surface area contributed by atoms with Gasteiger partial charge in [-0.3, -0.25) is 4.79 Å². The molecule has 0 atom stereocenters. The Balaban J connectivity index is 1.58. The van der Waals surface area contributed by atoms with Gasteiger partial charge in [0, 0.05) is 0 Å². The molecule has 3 N–H and O–H groups in total. The number of rotatable bonds is 12. The zero-order valence-electron chi connectivity index (χ0n) is 19.8. The van der Waals surface area contributed by atoms with Crippen molar-refractivity contribution in [2.24, 2.45) is 5.10 Å². The minimum absolute atomic E-state index is 0.0360. The van der Waals surface area contributed by atoms with Gasteiger partial charge in [-0.15, -0.1) is 10.2 Å². The van der Waals surface area contributed by atoms with Crippen LogP contribution in [0.25, 0.3) is 0 Å². The summed E-state index contributed by atoms with van der Waals surface area (Å²) in [5.41, 5.74) is 11.0. The van der Waals surface area contributed by atoms with Crippen LogP contribution in [0.2, 0.25) is 5.02 Å². The van der Waals surface area contributed by atoms with Crippen LogP contribution in [0.3, 0.4) is 0 Å². The normalized spacial score (nSPS) is 11.0. The summed E-state index contributed by atoms with van der Waals surface area (Å²) in [7, 11) is 0. The molecular weight excluding hydrogens is 490 g/mol. The molecule has 0 radical (unpaired) electrons. The fourth-order valence-electron chi connectivity index (χ4n) is 3.17. The Morgan fingerprint density at radius 2 is 1.94 bits per heavy atom. The minimum atomic E-state index is -0.340. The number of nitrogens with one attached hydrogen (secondary N) is 1. The molecule has 2 aromatic carbocycles. The largest absolute Gasteiger partial charge is 0.490 e. The molecule has 1 aromatic heterocycles. The number of aryl methyl sites for hydroxylation is 2. The maximum atomic E-state index is 12.0. The number of nitrogens with zero attached hydrogens (tertiary/aromatic N) is 3. The second-order valence-corrected chi connectivity index (χ2v) is 8.97. The van der Waals surface area contributed by atoms with E-state index >= 15 is 0 Å². The fourth-order valence-corrected chi connectivity index (χ4v) is 4.06. The van der Waals surface area contributed by atoms with Crippen LogP contribution < -0.4 is 25.4 Å². The van der Waals surface area contributed by atoms with E-state index in [1.54, 1.807) is 12.1 Å². The maximum absolute atomic E-state index is 12.0. The van der Waals surface area contributed by atoms with Gasteiger partial charge in [-0.2, -0.15) is 5.10 Å². The van der Waals surface area contributed by atoms with Gasteiger partial charge in [0.25, 0.3) is 0 Å². The van der Waals surface area contributed by atoms with Crippen molar-refractivity contribution in [1.82, 2.24) is 15.6 Å². The lowest BCUT2D eigenvalue weighted by atomic mass is 10.1. The van der Waals surface area contributed by atoms with Crippen LogP contribution >= 0.6 is 22.9 Å². The van der Waals surface area contributed by atoms with E-state index in [1.165, 1.54) is 11.8 Å². The van der Waals surface area contributed by atoms with Crippen LogP contribution in [-0.4, -0.2) is 42.1 Å². The molecule has 0 saturated carbocycles. The number of halogens is 1. The molecule has 0 aliphatic heterocycles. The summed E-state index contributed by atoms with van der Waals surface area (Å²) in [5, 5.41) is 12.6. The topological polar surface area (TPSA) is 121 Å². The Kier molecular flexibility index (Phi) is 9.68. The number of aromatic nitrogens is 2. The highest BCUT2D eigenvalue weighted by Gasteiger charge is 2.13. The summed E-state index contributed by atoms with van der Waals surface area (Å²) in [4.78, 5) is 12.0. The maximum Gasteiger partial charge on any atom is 0.247 e. The summed E-state index contributed by atoms with van der Waals surface area (Å²) in [6, 6.07) is 9.58. The first-order chi connectivity index (χ1) is 16.9. The lowest BCUT2D eigenvalue weighted by Crippen LogP contribution is -2.19. The summed E-state index contributed by atoms with van der Waals surface area (Å²) in [6.45, 7) is 7.08. The van der Waals surface area contributed by atoms with Crippen molar-refractivity contribution in [3.63, 3.8) is 0 Å². The van der Waals surface area contributed by atoms with Crippen molar-refractivity contribution in [3.05, 3.63) is 57.1 Å². The highest BCUT2D eigenvalue weighted by atomic mass is 35.5. The first kappa shape index (κ1) is 26.2. The Hall–Kier alpha value is -3.37. The van der Waals surface area contributed by atoms with Crippen molar-refractivity contribution < 1.29 is 19.0 Å². The standard InChI is InChI=1S/C24H28ClN5O4S/c1-4-16-8-15(3)9-18(10-16)33-6-7-34-23-19(25)11-17(12-20(23)32-5-2)14-27-28-21(31)13-22-29-30-24(26)35-22/h8-12,14H,4-7,13H2,1-3H3,(H2,26,30)(H,28,31)/b27-14-. The van der Waals surface area contributed by atoms with Crippen molar-refractivity contribution in [1.29, 1.82) is 0 Å². The van der Waals surface area contributed by atoms with E-state index < -0.39 is 0 Å². The highest BCUT2D eigenvalue weighted by Crippen LogP contribution is 2.36. The van der Waals surface area contributed by atoms with E-state index in [-0.39, 0.29) is 18.9 Å². The van der Waals surface area contributed by atoms with Crippen molar-refractivity contribution in [2.45, 2.75) is 33.6 Å². The molecule has 9 nitrogen and oxygen atoms in total. The molecule has 186 valence electrons. The lowest BCUT2D eigenvalue weighted by Gasteiger charge is -2.15. The Labute approximate surface area is 213 Å². The molecule has 3 aromatic rings. The first-order valence-electron chi connectivity index (χ1n) is 11.1. The molecule has 1 heterocycles. The number of nitrogen functional groups attached to an aromatic ring is 1. The van der Waals surface area contributed by atoms with E-state index in [1.807, 2.05) is 26.0 Å². The molecule has 35 heavy (non-hydrogen) atoms. The SMILES string of the molecule is CCOc1cc(/C=N\NC(=O)Cc2nnc(N)s2)cc(Cl)c1OCCOc1cc(C)cc(CC)c1. The van der Waals surface area contributed by atoms with Crippen LogP contribution in [-0.2, 0) is 17.6 Å². The highest BCUT2D eigenvalue weighted by molar-refractivity contribution is 7.15. The quantitative estimate of drug-likeness (QED) is 0.210. The van der Waals surface area contributed by atoms with Gasteiger partial charge in [-0.05, 0) is 61.2 Å². The molecule has 0 bridgehead atoms. The number of anilines is 1. The summed E-state index contributed by atoms with van der Waals surface area (Å²) >= 11 is 7.61. The number of amides is 1. The van der Waals surface area contributed by atoms with Gasteiger partial charge in [0.05, 0.1) is 24.3 Å². The van der Waals surface area contributed by atoms with Gasteiger partial charge in [0.15, 0.2) is 11.5 Å². The molecule has 0 unspecified atom stereocenters. The van der Waals surface area contributed by atoms with Crippen LogP contribution in [0, 0.1) is 6.92 Å². The Morgan fingerprint density at radius 1 is 1.14 bits per heavy atom. The van der Waals surface area contributed by atoms with Crippen molar-refractivity contribution in [3.8, 4) is 17.2 Å². The Bertz CT molecular complexity index is 1180. The third kappa shape index (κ3) is 8.11. The lowest BCUT2D eigenvalue weighted by molar-refractivity contribution is -0.120. The second kappa shape index (κ2) is 12.9. The van der Waals surface area contributed by atoms with Gasteiger partial charge >= 0.3 is 0 Å².